The summed E-state index contributed by atoms with van der Waals surface area (Å²) in [4.78, 5) is 40.6. The smallest absolute Gasteiger partial charge is 0.508 e. The SMILES string of the molecule is CN(C)[C@@H]1C(=O)C(C(N)=O)=C(O)[C@@]2(O)C(=O)C3=C(O)c4c(cc5ccc(CN(C)S(=O)(=O)C(F)(F)F)cc5c4O)C[C@H]3C[C@@H]12. The number of Topliss-reactive ketones (excluding diaryl/α,β-unsaturated/α-hetero) is 2. The Balaban J connectivity index is 1.64. The number of fused-ring (bicyclic) bond motifs is 4. The first kappa shape index (κ1) is 31.4. The lowest BCUT2D eigenvalue weighted by molar-refractivity contribution is -0.153. The number of hydrogen-bond acceptors (Lipinski definition) is 10. The maximum atomic E-state index is 13.9. The van der Waals surface area contributed by atoms with Crippen molar-refractivity contribution in [1.82, 2.24) is 9.21 Å². The van der Waals surface area contributed by atoms with Crippen molar-refractivity contribution in [1.29, 1.82) is 0 Å². The van der Waals surface area contributed by atoms with Gasteiger partial charge in [-0.05, 0) is 55.4 Å². The lowest BCUT2D eigenvalue weighted by Crippen LogP contribution is -2.65. The van der Waals surface area contributed by atoms with Crippen LogP contribution in [0.1, 0.15) is 23.1 Å². The minimum Gasteiger partial charge on any atom is -0.508 e. The van der Waals surface area contributed by atoms with Crippen molar-refractivity contribution >= 4 is 44.0 Å². The van der Waals surface area contributed by atoms with Crippen LogP contribution in [-0.2, 0) is 37.4 Å². The zero-order chi connectivity index (χ0) is 32.8. The van der Waals surface area contributed by atoms with Crippen LogP contribution in [0.2, 0.25) is 0 Å². The molecule has 5 rings (SSSR count). The highest BCUT2D eigenvalue weighted by atomic mass is 32.2. The van der Waals surface area contributed by atoms with Gasteiger partial charge in [-0.25, -0.2) is 8.42 Å². The average Bonchev–Trinajstić information content (AvgIpc) is 2.90. The number of aliphatic hydroxyl groups is 3. The second-order valence-electron chi connectivity index (χ2n) is 11.5. The Morgan fingerprint density at radius 3 is 2.32 bits per heavy atom. The highest BCUT2D eigenvalue weighted by molar-refractivity contribution is 7.89. The second-order valence-corrected chi connectivity index (χ2v) is 13.5. The van der Waals surface area contributed by atoms with Gasteiger partial charge >= 0.3 is 15.5 Å². The zero-order valence-corrected chi connectivity index (χ0v) is 24.3. The molecule has 1 amide bonds. The number of hydrogen-bond donors (Lipinski definition) is 5. The third kappa shape index (κ3) is 4.30. The molecule has 1 saturated carbocycles. The highest BCUT2D eigenvalue weighted by Crippen LogP contribution is 2.53. The predicted molar refractivity (Wildman–Crippen MR) is 148 cm³/mol. The number of alkyl halides is 3. The number of nitrogens with two attached hydrogens (primary N) is 1. The van der Waals surface area contributed by atoms with Crippen LogP contribution in [0, 0.1) is 11.8 Å². The third-order valence-electron chi connectivity index (χ3n) is 8.70. The Bertz CT molecular complexity index is 1830. The molecule has 236 valence electrons. The molecular weight excluding hydrogens is 611 g/mol. The van der Waals surface area contributed by atoms with Crippen LogP contribution in [0.5, 0.6) is 5.75 Å². The molecule has 0 unspecified atom stereocenters. The first-order valence-corrected chi connectivity index (χ1v) is 14.6. The number of aliphatic hydroxyl groups excluding tert-OH is 2. The summed E-state index contributed by atoms with van der Waals surface area (Å²) >= 11 is 0. The number of likely N-dealkylation sites (N-methyl/N-ethyl adjacent to an activating group) is 1. The van der Waals surface area contributed by atoms with Crippen molar-refractivity contribution in [3.05, 3.63) is 57.9 Å². The van der Waals surface area contributed by atoms with E-state index in [-0.39, 0.29) is 39.2 Å². The van der Waals surface area contributed by atoms with Crippen molar-refractivity contribution in [3.8, 4) is 5.75 Å². The summed E-state index contributed by atoms with van der Waals surface area (Å²) in [5.41, 5.74) is -4.07. The quantitative estimate of drug-likeness (QED) is 0.298. The number of sulfonamides is 1. The number of halogens is 3. The summed E-state index contributed by atoms with van der Waals surface area (Å²) in [5, 5.41) is 45.7. The fourth-order valence-electron chi connectivity index (χ4n) is 6.67. The highest BCUT2D eigenvalue weighted by Gasteiger charge is 2.64. The predicted octanol–water partition coefficient (Wildman–Crippen LogP) is 1.40. The summed E-state index contributed by atoms with van der Waals surface area (Å²) in [7, 11) is -1.92. The first-order chi connectivity index (χ1) is 20.2. The molecule has 44 heavy (non-hydrogen) atoms. The number of amides is 1. The molecule has 0 aliphatic heterocycles. The first-order valence-electron chi connectivity index (χ1n) is 13.2. The van der Waals surface area contributed by atoms with E-state index >= 15 is 0 Å². The number of phenolic OH excluding ortho intramolecular Hbond substituents is 1. The normalized spacial score (nSPS) is 25.9. The van der Waals surface area contributed by atoms with E-state index in [9.17, 15) is 56.4 Å². The molecule has 0 bridgehead atoms. The van der Waals surface area contributed by atoms with Gasteiger partial charge in [-0.1, -0.05) is 18.2 Å². The zero-order valence-electron chi connectivity index (χ0n) is 23.5. The van der Waals surface area contributed by atoms with Crippen molar-refractivity contribution in [2.75, 3.05) is 21.1 Å². The van der Waals surface area contributed by atoms with E-state index in [0.717, 1.165) is 7.05 Å². The Morgan fingerprint density at radius 2 is 1.75 bits per heavy atom. The van der Waals surface area contributed by atoms with Crippen molar-refractivity contribution < 1.29 is 56.4 Å². The number of carbonyl (C=O) groups is 3. The number of nitrogens with zero attached hydrogens (tertiary/aromatic N) is 2. The third-order valence-corrected chi connectivity index (χ3v) is 10.2. The second kappa shape index (κ2) is 10.0. The van der Waals surface area contributed by atoms with E-state index in [2.05, 4.69) is 0 Å². The fraction of sp³-hybridized carbons (Fsp3) is 0.393. The number of primary amides is 1. The van der Waals surface area contributed by atoms with Crippen LogP contribution in [0.15, 0.2) is 41.2 Å². The number of benzene rings is 2. The van der Waals surface area contributed by atoms with Gasteiger partial charge in [-0.3, -0.25) is 19.3 Å². The number of carbonyl (C=O) groups excluding carboxylic acids is 3. The molecule has 12 nitrogen and oxygen atoms in total. The van der Waals surface area contributed by atoms with Gasteiger partial charge in [0.2, 0.25) is 5.78 Å². The number of phenols is 1. The van der Waals surface area contributed by atoms with Crippen LogP contribution in [0.3, 0.4) is 0 Å². The van der Waals surface area contributed by atoms with Gasteiger partial charge < -0.3 is 26.2 Å². The lowest BCUT2D eigenvalue weighted by Gasteiger charge is -2.50. The van der Waals surface area contributed by atoms with E-state index in [1.165, 1.54) is 37.2 Å². The molecule has 0 heterocycles. The molecule has 1 fully saturated rings. The molecule has 3 aliphatic carbocycles. The van der Waals surface area contributed by atoms with E-state index in [0.29, 0.717) is 10.9 Å². The van der Waals surface area contributed by atoms with Gasteiger partial charge in [0.25, 0.3) is 5.91 Å². The standard InChI is InChI=1S/C28H28F3N3O9S/c1-33(2)20-16-9-14-8-13-7-12-5-4-11(10-34(3)44(42,43)28(29,30)31)6-15(12)21(35)17(13)22(36)18(14)24(38)27(16,41)25(39)19(23(20)37)26(32)40/h4-7,14,16,20,35-36,39,41H,8-10H2,1-3H3,(H2,32,40)/t14-,16-,20-,27-/m0/s1. The minimum absolute atomic E-state index is 0.0270. The molecule has 6 N–H and O–H groups in total. The molecule has 0 radical (unpaired) electrons. The van der Waals surface area contributed by atoms with Gasteiger partial charge in [-0.15, -0.1) is 0 Å². The summed E-state index contributed by atoms with van der Waals surface area (Å²) in [5.74, 6) is -7.95. The summed E-state index contributed by atoms with van der Waals surface area (Å²) < 4.78 is 62.6. The molecular formula is C28H28F3N3O9S. The van der Waals surface area contributed by atoms with E-state index < -0.39 is 85.9 Å². The molecule has 0 spiro atoms. The molecule has 4 atom stereocenters. The monoisotopic (exact) mass is 639 g/mol. The van der Waals surface area contributed by atoms with Crippen molar-refractivity contribution in [3.63, 3.8) is 0 Å². The lowest BCUT2D eigenvalue weighted by atomic mass is 9.57. The molecule has 0 aromatic heterocycles. The largest absolute Gasteiger partial charge is 0.511 e. The van der Waals surface area contributed by atoms with Crippen LogP contribution < -0.4 is 5.73 Å². The van der Waals surface area contributed by atoms with Gasteiger partial charge in [-0.2, -0.15) is 17.5 Å². The number of aromatic hydroxyl groups is 1. The molecule has 2 aromatic rings. The molecule has 0 saturated heterocycles. The Kier molecular flexibility index (Phi) is 7.16. The van der Waals surface area contributed by atoms with Gasteiger partial charge in [0.1, 0.15) is 22.8 Å². The van der Waals surface area contributed by atoms with E-state index in [4.69, 9.17) is 5.73 Å². The summed E-state index contributed by atoms with van der Waals surface area (Å²) in [6.45, 7) is -0.698. The van der Waals surface area contributed by atoms with Crippen molar-refractivity contribution in [2.45, 2.75) is 36.5 Å². The van der Waals surface area contributed by atoms with Gasteiger partial charge in [0.15, 0.2) is 11.4 Å². The van der Waals surface area contributed by atoms with Crippen LogP contribution >= 0.6 is 0 Å². The minimum atomic E-state index is -5.64. The van der Waals surface area contributed by atoms with Crippen LogP contribution in [-0.4, -0.2) is 93.8 Å². The molecule has 16 heteroatoms. The Labute approximate surface area is 248 Å². The van der Waals surface area contributed by atoms with E-state index in [1.54, 1.807) is 6.07 Å². The Hall–Kier alpha value is -3.99. The van der Waals surface area contributed by atoms with E-state index in [1.807, 2.05) is 0 Å². The van der Waals surface area contributed by atoms with Gasteiger partial charge in [0.05, 0.1) is 11.6 Å². The maximum absolute atomic E-state index is 13.9. The number of rotatable bonds is 5. The molecule has 2 aromatic carbocycles. The molecule has 3 aliphatic rings. The number of ketones is 2. The topological polar surface area (TPSA) is 199 Å². The summed E-state index contributed by atoms with van der Waals surface area (Å²) in [6, 6.07) is 4.43. The van der Waals surface area contributed by atoms with Crippen LogP contribution in [0.4, 0.5) is 13.2 Å². The average molecular weight is 640 g/mol. The van der Waals surface area contributed by atoms with Crippen LogP contribution in [0.25, 0.3) is 16.5 Å². The van der Waals surface area contributed by atoms with Crippen molar-refractivity contribution in [2.24, 2.45) is 17.6 Å². The fourth-order valence-corrected chi connectivity index (χ4v) is 7.35. The Morgan fingerprint density at radius 1 is 1.11 bits per heavy atom. The summed E-state index contributed by atoms with van der Waals surface area (Å²) in [6.07, 6.45) is -0.0458. The van der Waals surface area contributed by atoms with Gasteiger partial charge in [0, 0.05) is 30.5 Å². The maximum Gasteiger partial charge on any atom is 0.511 e.